The third-order valence-electron chi connectivity index (χ3n) is 2.68. The Balaban J connectivity index is 1.85. The lowest BCUT2D eigenvalue weighted by Gasteiger charge is -2.09. The smallest absolute Gasteiger partial charge is 0.232 e. The second kappa shape index (κ2) is 4.74. The molecule has 4 nitrogen and oxygen atoms in total. The molecule has 1 aromatic heterocycles. The number of nitriles is 1. The minimum atomic E-state index is 0.322. The summed E-state index contributed by atoms with van der Waals surface area (Å²) in [5.41, 5.74) is 0.322. The summed E-state index contributed by atoms with van der Waals surface area (Å²) in [6.45, 7) is 0.723. The first-order valence-corrected chi connectivity index (χ1v) is 5.23. The molecule has 1 aliphatic rings. The number of ether oxygens (including phenoxy) is 1. The van der Waals surface area contributed by atoms with Gasteiger partial charge in [-0.25, -0.2) is 9.97 Å². The molecule has 0 atom stereocenters. The average Bonchev–Trinajstić information content (AvgIpc) is 2.80. The van der Waals surface area contributed by atoms with Crippen LogP contribution in [0.2, 0.25) is 0 Å². The van der Waals surface area contributed by atoms with Crippen LogP contribution in [0.1, 0.15) is 31.4 Å². The Bertz CT molecular complexity index is 349. The number of aromatic nitrogens is 2. The maximum Gasteiger partial charge on any atom is 0.232 e. The van der Waals surface area contributed by atoms with Crippen LogP contribution in [0.5, 0.6) is 5.88 Å². The minimum absolute atomic E-state index is 0.322. The quantitative estimate of drug-likeness (QED) is 0.753. The zero-order chi connectivity index (χ0) is 10.5. The van der Waals surface area contributed by atoms with Gasteiger partial charge < -0.3 is 4.74 Å². The lowest BCUT2D eigenvalue weighted by molar-refractivity contribution is 0.242. The molecule has 0 amide bonds. The van der Waals surface area contributed by atoms with E-state index in [2.05, 4.69) is 9.97 Å². The molecule has 1 aliphatic carbocycles. The lowest BCUT2D eigenvalue weighted by atomic mass is 10.1. The van der Waals surface area contributed by atoms with Gasteiger partial charge in [0, 0.05) is 0 Å². The number of hydrogen-bond acceptors (Lipinski definition) is 4. The molecule has 0 spiro atoms. The molecule has 0 aliphatic heterocycles. The van der Waals surface area contributed by atoms with E-state index < -0.39 is 0 Å². The van der Waals surface area contributed by atoms with E-state index in [1.54, 1.807) is 0 Å². The normalized spacial score (nSPS) is 16.2. The molecule has 78 valence electrons. The van der Waals surface area contributed by atoms with Crippen LogP contribution in [0.15, 0.2) is 12.4 Å². The van der Waals surface area contributed by atoms with Gasteiger partial charge in [-0.3, -0.25) is 0 Å². The summed E-state index contributed by atoms with van der Waals surface area (Å²) in [5.74, 6) is 1.18. The molecule has 0 N–H and O–H groups in total. The molecule has 0 radical (unpaired) electrons. The van der Waals surface area contributed by atoms with E-state index in [0.29, 0.717) is 17.5 Å². The Morgan fingerprint density at radius 1 is 1.33 bits per heavy atom. The van der Waals surface area contributed by atoms with E-state index in [0.717, 1.165) is 6.61 Å². The van der Waals surface area contributed by atoms with Crippen LogP contribution in [0.4, 0.5) is 0 Å². The van der Waals surface area contributed by atoms with E-state index in [9.17, 15) is 0 Å². The Morgan fingerprint density at radius 2 is 2.13 bits per heavy atom. The zero-order valence-electron chi connectivity index (χ0n) is 8.52. The summed E-state index contributed by atoms with van der Waals surface area (Å²) in [5, 5.41) is 8.54. The van der Waals surface area contributed by atoms with Crippen LogP contribution in [-0.4, -0.2) is 16.6 Å². The Hall–Kier alpha value is -1.63. The van der Waals surface area contributed by atoms with Gasteiger partial charge in [0.2, 0.25) is 5.88 Å². The fourth-order valence-corrected chi connectivity index (χ4v) is 1.83. The van der Waals surface area contributed by atoms with Crippen molar-refractivity contribution in [3.63, 3.8) is 0 Å². The van der Waals surface area contributed by atoms with E-state index in [4.69, 9.17) is 10.00 Å². The Labute approximate surface area is 88.9 Å². The molecular weight excluding hydrogens is 190 g/mol. The monoisotopic (exact) mass is 203 g/mol. The molecule has 1 fully saturated rings. The first-order valence-electron chi connectivity index (χ1n) is 5.23. The second-order valence-electron chi connectivity index (χ2n) is 3.81. The van der Waals surface area contributed by atoms with Gasteiger partial charge >= 0.3 is 0 Å². The van der Waals surface area contributed by atoms with Crippen molar-refractivity contribution in [2.45, 2.75) is 25.7 Å². The van der Waals surface area contributed by atoms with Crippen LogP contribution in [0.3, 0.4) is 0 Å². The van der Waals surface area contributed by atoms with E-state index >= 15 is 0 Å². The van der Waals surface area contributed by atoms with E-state index in [-0.39, 0.29) is 0 Å². The van der Waals surface area contributed by atoms with Gasteiger partial charge in [-0.2, -0.15) is 5.26 Å². The standard InChI is InChI=1S/C11H13N3O/c12-5-10-6-14-11(7-13-10)15-8-9-3-1-2-4-9/h6-7,9H,1-4,8H2. The van der Waals surface area contributed by atoms with Crippen molar-refractivity contribution in [3.8, 4) is 11.9 Å². The predicted molar refractivity (Wildman–Crippen MR) is 54.2 cm³/mol. The van der Waals surface area contributed by atoms with Crippen molar-refractivity contribution < 1.29 is 4.74 Å². The van der Waals surface area contributed by atoms with Crippen molar-refractivity contribution in [3.05, 3.63) is 18.1 Å². The van der Waals surface area contributed by atoms with Crippen molar-refractivity contribution in [2.75, 3.05) is 6.61 Å². The third kappa shape index (κ3) is 2.66. The summed E-state index contributed by atoms with van der Waals surface area (Å²) in [6, 6.07) is 1.92. The summed E-state index contributed by atoms with van der Waals surface area (Å²) in [6.07, 6.45) is 8.07. The molecule has 1 saturated carbocycles. The number of rotatable bonds is 3. The zero-order valence-corrected chi connectivity index (χ0v) is 8.52. The summed E-state index contributed by atoms with van der Waals surface area (Å²) < 4.78 is 5.51. The highest BCUT2D eigenvalue weighted by Crippen LogP contribution is 2.24. The molecular formula is C11H13N3O. The Kier molecular flexibility index (Phi) is 3.13. The molecule has 0 saturated heterocycles. The van der Waals surface area contributed by atoms with Crippen molar-refractivity contribution in [2.24, 2.45) is 5.92 Å². The highest BCUT2D eigenvalue weighted by molar-refractivity contribution is 5.18. The SMILES string of the molecule is N#Cc1cnc(OCC2CCCC2)cn1. The van der Waals surface area contributed by atoms with Gasteiger partial charge in [0.1, 0.15) is 6.07 Å². The van der Waals surface area contributed by atoms with Gasteiger partial charge in [-0.1, -0.05) is 12.8 Å². The number of hydrogen-bond donors (Lipinski definition) is 0. The highest BCUT2D eigenvalue weighted by Gasteiger charge is 2.15. The Morgan fingerprint density at radius 3 is 2.73 bits per heavy atom. The van der Waals surface area contributed by atoms with Crippen molar-refractivity contribution >= 4 is 0 Å². The summed E-state index contributed by atoms with van der Waals surface area (Å²) >= 11 is 0. The maximum atomic E-state index is 8.54. The molecule has 0 aromatic carbocycles. The molecule has 4 heteroatoms. The van der Waals surface area contributed by atoms with Crippen LogP contribution < -0.4 is 4.74 Å². The van der Waals surface area contributed by atoms with Crippen LogP contribution in [0.25, 0.3) is 0 Å². The highest BCUT2D eigenvalue weighted by atomic mass is 16.5. The fraction of sp³-hybridized carbons (Fsp3) is 0.545. The molecule has 2 rings (SSSR count). The molecule has 1 aromatic rings. The minimum Gasteiger partial charge on any atom is -0.476 e. The topological polar surface area (TPSA) is 58.8 Å². The average molecular weight is 203 g/mol. The van der Waals surface area contributed by atoms with Crippen molar-refractivity contribution in [1.29, 1.82) is 5.26 Å². The molecule has 0 bridgehead atoms. The molecule has 1 heterocycles. The van der Waals surface area contributed by atoms with Crippen molar-refractivity contribution in [1.82, 2.24) is 9.97 Å². The van der Waals surface area contributed by atoms with Gasteiger partial charge in [-0.15, -0.1) is 0 Å². The maximum absolute atomic E-state index is 8.54. The van der Waals surface area contributed by atoms with Crippen LogP contribution in [0, 0.1) is 17.2 Å². The van der Waals surface area contributed by atoms with Crippen LogP contribution in [-0.2, 0) is 0 Å². The lowest BCUT2D eigenvalue weighted by Crippen LogP contribution is -2.09. The van der Waals surface area contributed by atoms with E-state index in [1.165, 1.54) is 38.1 Å². The fourth-order valence-electron chi connectivity index (χ4n) is 1.83. The van der Waals surface area contributed by atoms with Gasteiger partial charge in [0.05, 0.1) is 19.0 Å². The third-order valence-corrected chi connectivity index (χ3v) is 2.68. The summed E-state index contributed by atoms with van der Waals surface area (Å²) in [7, 11) is 0. The van der Waals surface area contributed by atoms with Gasteiger partial charge in [0.15, 0.2) is 5.69 Å². The largest absolute Gasteiger partial charge is 0.476 e. The first kappa shape index (κ1) is 9.91. The van der Waals surface area contributed by atoms with Gasteiger partial charge in [-0.05, 0) is 18.8 Å². The van der Waals surface area contributed by atoms with Gasteiger partial charge in [0.25, 0.3) is 0 Å². The molecule has 0 unspecified atom stereocenters. The summed E-state index contributed by atoms with van der Waals surface area (Å²) in [4.78, 5) is 7.90. The molecule has 15 heavy (non-hydrogen) atoms. The number of nitrogens with zero attached hydrogens (tertiary/aromatic N) is 3. The van der Waals surface area contributed by atoms with Crippen LogP contribution >= 0.6 is 0 Å². The first-order chi connectivity index (χ1) is 7.38. The predicted octanol–water partition coefficient (Wildman–Crippen LogP) is 1.92. The van der Waals surface area contributed by atoms with E-state index in [1.807, 2.05) is 6.07 Å². The second-order valence-corrected chi connectivity index (χ2v) is 3.81.